The molecule has 0 bridgehead atoms. The summed E-state index contributed by atoms with van der Waals surface area (Å²) in [7, 11) is 3.09. The zero-order valence-electron chi connectivity index (χ0n) is 16.6. The van der Waals surface area contributed by atoms with Crippen LogP contribution in [0.15, 0.2) is 36.4 Å². The van der Waals surface area contributed by atoms with Crippen LogP contribution in [0, 0.1) is 13.8 Å². The highest BCUT2D eigenvalue weighted by Crippen LogP contribution is 2.29. The van der Waals surface area contributed by atoms with E-state index >= 15 is 0 Å². The number of nitrogens with zero attached hydrogens (tertiary/aromatic N) is 2. The van der Waals surface area contributed by atoms with E-state index in [1.807, 2.05) is 26.0 Å². The smallest absolute Gasteiger partial charge is 0.322 e. The van der Waals surface area contributed by atoms with Crippen molar-refractivity contribution in [1.82, 2.24) is 4.90 Å². The van der Waals surface area contributed by atoms with Crippen LogP contribution < -0.4 is 19.7 Å². The van der Waals surface area contributed by atoms with Crippen molar-refractivity contribution >= 4 is 23.3 Å². The van der Waals surface area contributed by atoms with Gasteiger partial charge in [-0.15, -0.1) is 0 Å². The maximum Gasteiger partial charge on any atom is 0.322 e. The summed E-state index contributed by atoms with van der Waals surface area (Å²) in [4.78, 5) is 28.6. The predicted octanol–water partition coefficient (Wildman–Crippen LogP) is 3.20. The number of amides is 3. The summed E-state index contributed by atoms with van der Waals surface area (Å²) < 4.78 is 10.5. The standard InChI is InChI=1S/C21H25N3O4/c1-14-9-15(2)11-16(10-14)24-8-7-23(13-20(24)25)21(26)22-18-12-17(27-3)5-6-19(18)28-4/h5-6,9-12H,7-8,13H2,1-4H3,(H,22,26). The van der Waals surface area contributed by atoms with Crippen LogP contribution in [0.3, 0.4) is 0 Å². The van der Waals surface area contributed by atoms with Gasteiger partial charge in [0.1, 0.15) is 18.0 Å². The van der Waals surface area contributed by atoms with E-state index in [0.29, 0.717) is 30.3 Å². The first-order valence-corrected chi connectivity index (χ1v) is 9.08. The second kappa shape index (κ2) is 8.21. The summed E-state index contributed by atoms with van der Waals surface area (Å²) in [6, 6.07) is 10.9. The number of ether oxygens (including phenoxy) is 2. The Labute approximate surface area is 164 Å². The molecule has 148 valence electrons. The van der Waals surface area contributed by atoms with E-state index in [0.717, 1.165) is 16.8 Å². The molecule has 0 aliphatic carbocycles. The summed E-state index contributed by atoms with van der Waals surface area (Å²) in [6.07, 6.45) is 0. The number of urea groups is 1. The quantitative estimate of drug-likeness (QED) is 0.880. The van der Waals surface area contributed by atoms with Gasteiger partial charge in [-0.3, -0.25) is 4.79 Å². The molecular formula is C21H25N3O4. The second-order valence-electron chi connectivity index (χ2n) is 6.81. The molecule has 1 aliphatic rings. The minimum absolute atomic E-state index is 0.0190. The minimum Gasteiger partial charge on any atom is -0.497 e. The Bertz CT molecular complexity index is 877. The lowest BCUT2D eigenvalue weighted by Crippen LogP contribution is -2.53. The summed E-state index contributed by atoms with van der Waals surface area (Å²) in [5.41, 5.74) is 3.58. The summed E-state index contributed by atoms with van der Waals surface area (Å²) in [5, 5.41) is 2.81. The largest absolute Gasteiger partial charge is 0.497 e. The molecule has 28 heavy (non-hydrogen) atoms. The average molecular weight is 383 g/mol. The van der Waals surface area contributed by atoms with Crippen LogP contribution in [-0.4, -0.2) is 50.7 Å². The molecule has 0 atom stereocenters. The molecule has 0 radical (unpaired) electrons. The molecule has 0 aromatic heterocycles. The number of hydrogen-bond donors (Lipinski definition) is 1. The highest BCUT2D eigenvalue weighted by molar-refractivity contribution is 6.00. The van der Waals surface area contributed by atoms with Crippen molar-refractivity contribution < 1.29 is 19.1 Å². The Balaban J connectivity index is 1.70. The van der Waals surface area contributed by atoms with E-state index < -0.39 is 0 Å². The third kappa shape index (κ3) is 4.19. The van der Waals surface area contributed by atoms with Gasteiger partial charge in [0.15, 0.2) is 0 Å². The summed E-state index contributed by atoms with van der Waals surface area (Å²) in [5.74, 6) is 1.02. The van der Waals surface area contributed by atoms with Gasteiger partial charge in [-0.1, -0.05) is 6.07 Å². The topological polar surface area (TPSA) is 71.1 Å². The first kappa shape index (κ1) is 19.5. The Hall–Kier alpha value is -3.22. The summed E-state index contributed by atoms with van der Waals surface area (Å²) in [6.45, 7) is 4.92. The zero-order chi connectivity index (χ0) is 20.3. The number of anilines is 2. The number of nitrogens with one attached hydrogen (secondary N) is 1. The van der Waals surface area contributed by atoms with Gasteiger partial charge >= 0.3 is 6.03 Å². The van der Waals surface area contributed by atoms with Crippen LogP contribution in [0.5, 0.6) is 11.5 Å². The predicted molar refractivity (Wildman–Crippen MR) is 108 cm³/mol. The van der Waals surface area contributed by atoms with Crippen LogP contribution in [0.1, 0.15) is 11.1 Å². The zero-order valence-corrected chi connectivity index (χ0v) is 16.6. The average Bonchev–Trinajstić information content (AvgIpc) is 2.66. The monoisotopic (exact) mass is 383 g/mol. The van der Waals surface area contributed by atoms with Crippen molar-refractivity contribution in [2.75, 3.05) is 44.1 Å². The Morgan fingerprint density at radius 2 is 1.71 bits per heavy atom. The van der Waals surface area contributed by atoms with Crippen molar-refractivity contribution in [2.45, 2.75) is 13.8 Å². The van der Waals surface area contributed by atoms with E-state index in [4.69, 9.17) is 9.47 Å². The second-order valence-corrected chi connectivity index (χ2v) is 6.81. The SMILES string of the molecule is COc1ccc(OC)c(NC(=O)N2CCN(c3cc(C)cc(C)c3)C(=O)C2)c1. The Morgan fingerprint density at radius 1 is 1.00 bits per heavy atom. The van der Waals surface area contributed by atoms with Crippen LogP contribution in [0.4, 0.5) is 16.2 Å². The molecule has 1 fully saturated rings. The fourth-order valence-corrected chi connectivity index (χ4v) is 3.33. The fourth-order valence-electron chi connectivity index (χ4n) is 3.33. The number of benzene rings is 2. The molecule has 2 aromatic carbocycles. The molecule has 0 saturated carbocycles. The fraction of sp³-hybridized carbons (Fsp3) is 0.333. The van der Waals surface area contributed by atoms with Crippen LogP contribution >= 0.6 is 0 Å². The van der Waals surface area contributed by atoms with Crippen molar-refractivity contribution in [3.05, 3.63) is 47.5 Å². The van der Waals surface area contributed by atoms with E-state index in [1.165, 1.54) is 12.0 Å². The van der Waals surface area contributed by atoms with Crippen molar-refractivity contribution in [3.63, 3.8) is 0 Å². The molecule has 3 rings (SSSR count). The number of piperazine rings is 1. The van der Waals surface area contributed by atoms with Gasteiger partial charge in [0.2, 0.25) is 5.91 Å². The molecular weight excluding hydrogens is 358 g/mol. The minimum atomic E-state index is -0.347. The molecule has 1 N–H and O–H groups in total. The lowest BCUT2D eigenvalue weighted by Gasteiger charge is -2.34. The molecule has 0 unspecified atom stereocenters. The lowest BCUT2D eigenvalue weighted by atomic mass is 10.1. The molecule has 1 heterocycles. The Kier molecular flexibility index (Phi) is 5.73. The van der Waals surface area contributed by atoms with Gasteiger partial charge in [0.25, 0.3) is 0 Å². The van der Waals surface area contributed by atoms with Gasteiger partial charge in [-0.05, 0) is 49.2 Å². The highest BCUT2D eigenvalue weighted by Gasteiger charge is 2.28. The third-order valence-corrected chi connectivity index (χ3v) is 4.67. The number of hydrogen-bond acceptors (Lipinski definition) is 4. The molecule has 1 aliphatic heterocycles. The number of aryl methyl sites for hydroxylation is 2. The molecule has 3 amide bonds. The molecule has 0 spiro atoms. The maximum absolute atomic E-state index is 12.7. The van der Waals surface area contributed by atoms with Crippen LogP contribution in [-0.2, 0) is 4.79 Å². The van der Waals surface area contributed by atoms with Crippen LogP contribution in [0.25, 0.3) is 0 Å². The van der Waals surface area contributed by atoms with Crippen molar-refractivity contribution in [2.24, 2.45) is 0 Å². The number of carbonyl (C=O) groups is 2. The van der Waals surface area contributed by atoms with Gasteiger partial charge in [0, 0.05) is 24.8 Å². The number of methoxy groups -OCH3 is 2. The van der Waals surface area contributed by atoms with Gasteiger partial charge in [-0.25, -0.2) is 4.79 Å². The van der Waals surface area contributed by atoms with Gasteiger partial charge in [0.05, 0.1) is 19.9 Å². The van der Waals surface area contributed by atoms with E-state index in [9.17, 15) is 9.59 Å². The normalized spacial score (nSPS) is 14.1. The van der Waals surface area contributed by atoms with Crippen LogP contribution in [0.2, 0.25) is 0 Å². The van der Waals surface area contributed by atoms with E-state index in [2.05, 4.69) is 11.4 Å². The highest BCUT2D eigenvalue weighted by atomic mass is 16.5. The first-order chi connectivity index (χ1) is 13.4. The lowest BCUT2D eigenvalue weighted by molar-refractivity contribution is -0.120. The molecule has 1 saturated heterocycles. The third-order valence-electron chi connectivity index (χ3n) is 4.67. The summed E-state index contributed by atoms with van der Waals surface area (Å²) >= 11 is 0. The van der Waals surface area contributed by atoms with Gasteiger partial charge in [-0.2, -0.15) is 0 Å². The van der Waals surface area contributed by atoms with Crippen molar-refractivity contribution in [3.8, 4) is 11.5 Å². The number of rotatable bonds is 4. The first-order valence-electron chi connectivity index (χ1n) is 9.08. The van der Waals surface area contributed by atoms with Crippen molar-refractivity contribution in [1.29, 1.82) is 0 Å². The van der Waals surface area contributed by atoms with E-state index in [1.54, 1.807) is 30.2 Å². The Morgan fingerprint density at radius 3 is 2.32 bits per heavy atom. The maximum atomic E-state index is 12.7. The van der Waals surface area contributed by atoms with Gasteiger partial charge < -0.3 is 24.6 Å². The van der Waals surface area contributed by atoms with E-state index in [-0.39, 0.29) is 18.5 Å². The molecule has 2 aromatic rings. The molecule has 7 heteroatoms. The number of carbonyl (C=O) groups excluding carboxylic acids is 2. The molecule has 7 nitrogen and oxygen atoms in total.